The molecule has 0 bridgehead atoms. The van der Waals surface area contributed by atoms with Crippen LogP contribution in [0.5, 0.6) is 0 Å². The predicted octanol–water partition coefficient (Wildman–Crippen LogP) is 10.0. The molecule has 0 radical (unpaired) electrons. The molecule has 0 saturated carbocycles. The molecular weight excluding hydrogens is 691 g/mol. The molecule has 0 aliphatic carbocycles. The van der Waals surface area contributed by atoms with Crippen LogP contribution in [0.3, 0.4) is 0 Å². The normalized spacial score (nSPS) is 10.9. The summed E-state index contributed by atoms with van der Waals surface area (Å²) in [5.74, 6) is -6.99. The van der Waals surface area contributed by atoms with Gasteiger partial charge in [-0.2, -0.15) is 21.0 Å². The number of benzene rings is 6. The zero-order chi connectivity index (χ0) is 37.7. The molecule has 2 aromatic heterocycles. The summed E-state index contributed by atoms with van der Waals surface area (Å²) in [4.78, 5) is 15.1. The van der Waals surface area contributed by atoms with Gasteiger partial charge in [0.15, 0.2) is 23.3 Å². The second-order valence-corrected chi connectivity index (χ2v) is 12.1. The second kappa shape index (κ2) is 13.0. The van der Waals surface area contributed by atoms with Gasteiger partial charge < -0.3 is 0 Å². The van der Waals surface area contributed by atoms with Gasteiger partial charge in [0.25, 0.3) is 0 Å². The Morgan fingerprint density at radius 3 is 1.48 bits per heavy atom. The SMILES string of the molecule is N#Cc1ccc(-c2nc3c(C#N)cc4c(-c5ccc(-c6c(F)c(F)c(C#N)c(F)c6F)cc5)nc5ccccc5c4c3nc2-c2ccc(C#N)cc2)cc1. The third-order valence-corrected chi connectivity index (χ3v) is 9.12. The highest BCUT2D eigenvalue weighted by Crippen LogP contribution is 2.41. The largest absolute Gasteiger partial charge is 0.247 e. The third kappa shape index (κ3) is 5.21. The molecule has 0 aliphatic rings. The Kier molecular flexibility index (Phi) is 7.96. The van der Waals surface area contributed by atoms with Gasteiger partial charge in [-0.3, -0.25) is 0 Å². The molecule has 252 valence electrons. The van der Waals surface area contributed by atoms with Gasteiger partial charge in [0.2, 0.25) is 0 Å². The number of fused-ring (bicyclic) bond motifs is 5. The fourth-order valence-electron chi connectivity index (χ4n) is 6.52. The maximum Gasteiger partial charge on any atom is 0.180 e. The van der Waals surface area contributed by atoms with Crippen molar-refractivity contribution < 1.29 is 17.6 Å². The molecule has 8 rings (SSSR count). The number of aromatic nitrogens is 3. The first-order valence-electron chi connectivity index (χ1n) is 16.1. The van der Waals surface area contributed by atoms with Crippen LogP contribution in [0.1, 0.15) is 22.3 Å². The Bertz CT molecular complexity index is 3030. The minimum absolute atomic E-state index is 0.175. The molecule has 8 aromatic rings. The molecule has 0 fully saturated rings. The van der Waals surface area contributed by atoms with Gasteiger partial charge in [0, 0.05) is 32.8 Å². The molecule has 0 unspecified atom stereocenters. The highest BCUT2D eigenvalue weighted by Gasteiger charge is 2.27. The molecule has 0 N–H and O–H groups in total. The number of hydrogen-bond donors (Lipinski definition) is 0. The van der Waals surface area contributed by atoms with Gasteiger partial charge in [-0.15, -0.1) is 0 Å². The van der Waals surface area contributed by atoms with Crippen molar-refractivity contribution >= 4 is 32.7 Å². The van der Waals surface area contributed by atoms with E-state index in [9.17, 15) is 33.3 Å². The highest BCUT2D eigenvalue weighted by atomic mass is 19.2. The average molecular weight is 708 g/mol. The van der Waals surface area contributed by atoms with Crippen molar-refractivity contribution in [2.75, 3.05) is 0 Å². The van der Waals surface area contributed by atoms with Crippen LogP contribution in [0.25, 0.3) is 77.6 Å². The van der Waals surface area contributed by atoms with Gasteiger partial charge in [-0.05, 0) is 42.0 Å². The van der Waals surface area contributed by atoms with E-state index >= 15 is 0 Å². The van der Waals surface area contributed by atoms with Crippen LogP contribution in [-0.4, -0.2) is 15.0 Å². The summed E-state index contributed by atoms with van der Waals surface area (Å²) in [6.07, 6.45) is 0. The lowest BCUT2D eigenvalue weighted by molar-refractivity contribution is 0.454. The fourth-order valence-corrected chi connectivity index (χ4v) is 6.52. The summed E-state index contributed by atoms with van der Waals surface area (Å²) in [5.41, 5.74) is 2.80. The van der Waals surface area contributed by atoms with E-state index in [1.54, 1.807) is 66.7 Å². The van der Waals surface area contributed by atoms with Crippen molar-refractivity contribution in [2.24, 2.45) is 0 Å². The topological polar surface area (TPSA) is 134 Å². The van der Waals surface area contributed by atoms with E-state index in [1.807, 2.05) is 12.1 Å². The van der Waals surface area contributed by atoms with Crippen LogP contribution in [0, 0.1) is 68.6 Å². The predicted molar refractivity (Wildman–Crippen MR) is 193 cm³/mol. The van der Waals surface area contributed by atoms with E-state index in [0.717, 1.165) is 6.07 Å². The summed E-state index contributed by atoms with van der Waals surface area (Å²) < 4.78 is 58.9. The van der Waals surface area contributed by atoms with Crippen LogP contribution in [-0.2, 0) is 0 Å². The minimum Gasteiger partial charge on any atom is -0.247 e. The Morgan fingerprint density at radius 1 is 0.444 bits per heavy atom. The van der Waals surface area contributed by atoms with Crippen molar-refractivity contribution in [3.63, 3.8) is 0 Å². The van der Waals surface area contributed by atoms with E-state index in [4.69, 9.17) is 20.2 Å². The molecule has 0 saturated heterocycles. The number of rotatable bonds is 4. The zero-order valence-electron chi connectivity index (χ0n) is 27.5. The molecule has 11 heteroatoms. The molecule has 0 aliphatic heterocycles. The maximum absolute atomic E-state index is 15.0. The van der Waals surface area contributed by atoms with Gasteiger partial charge in [0.05, 0.1) is 62.5 Å². The minimum atomic E-state index is -1.79. The Hall–Kier alpha value is -7.99. The van der Waals surface area contributed by atoms with Crippen LogP contribution < -0.4 is 0 Å². The molecular formula is C43H17F4N7. The number of hydrogen-bond acceptors (Lipinski definition) is 7. The van der Waals surface area contributed by atoms with Crippen LogP contribution in [0.15, 0.2) is 103 Å². The monoisotopic (exact) mass is 707 g/mol. The lowest BCUT2D eigenvalue weighted by atomic mass is 9.94. The molecule has 0 amide bonds. The van der Waals surface area contributed by atoms with Crippen molar-refractivity contribution in [1.82, 2.24) is 15.0 Å². The summed E-state index contributed by atoms with van der Waals surface area (Å²) in [7, 11) is 0. The van der Waals surface area contributed by atoms with E-state index in [-0.39, 0.29) is 11.1 Å². The first-order chi connectivity index (χ1) is 26.3. The quantitative estimate of drug-likeness (QED) is 0.101. The maximum atomic E-state index is 15.0. The van der Waals surface area contributed by atoms with Gasteiger partial charge in [0.1, 0.15) is 23.2 Å². The Morgan fingerprint density at radius 2 is 0.944 bits per heavy atom. The van der Waals surface area contributed by atoms with Crippen molar-refractivity contribution in [1.29, 1.82) is 21.0 Å². The van der Waals surface area contributed by atoms with E-state index < -0.39 is 34.4 Å². The van der Waals surface area contributed by atoms with Gasteiger partial charge in [-0.25, -0.2) is 32.5 Å². The van der Waals surface area contributed by atoms with E-state index in [1.165, 1.54) is 24.3 Å². The summed E-state index contributed by atoms with van der Waals surface area (Å²) in [6.45, 7) is 0. The molecule has 54 heavy (non-hydrogen) atoms. The van der Waals surface area contributed by atoms with E-state index in [2.05, 4.69) is 18.2 Å². The Labute approximate surface area is 303 Å². The molecule has 7 nitrogen and oxygen atoms in total. The lowest BCUT2D eigenvalue weighted by Gasteiger charge is -2.16. The zero-order valence-corrected chi connectivity index (χ0v) is 27.5. The number of para-hydroxylation sites is 1. The van der Waals surface area contributed by atoms with Gasteiger partial charge >= 0.3 is 0 Å². The molecule has 6 aromatic carbocycles. The first kappa shape index (κ1) is 33.2. The molecule has 0 spiro atoms. The lowest BCUT2D eigenvalue weighted by Crippen LogP contribution is -2.03. The molecule has 0 atom stereocenters. The van der Waals surface area contributed by atoms with Crippen molar-refractivity contribution in [2.45, 2.75) is 0 Å². The van der Waals surface area contributed by atoms with Crippen molar-refractivity contribution in [3.05, 3.63) is 149 Å². The van der Waals surface area contributed by atoms with Gasteiger partial charge in [-0.1, -0.05) is 66.7 Å². The Balaban J connectivity index is 1.42. The standard InChI is InChI=1S/C43H17F4N7/c44-35-31(21-51)36(45)38(47)33(37(35)46)24-13-15-25(16-14-24)39-30-17-28(20-50)42-43(34(30)29-3-1-2-4-32(29)52-39)54-41(27-11-7-23(19-49)8-12-27)40(53-42)26-9-5-22(18-48)6-10-26/h1-17H. The van der Waals surface area contributed by atoms with Crippen LogP contribution in [0.4, 0.5) is 17.6 Å². The number of pyridine rings is 1. The van der Waals surface area contributed by atoms with Crippen LogP contribution in [0.2, 0.25) is 0 Å². The van der Waals surface area contributed by atoms with Crippen LogP contribution >= 0.6 is 0 Å². The number of nitrogens with zero attached hydrogens (tertiary/aromatic N) is 7. The number of nitriles is 4. The smallest absolute Gasteiger partial charge is 0.180 e. The van der Waals surface area contributed by atoms with E-state index in [0.29, 0.717) is 77.6 Å². The summed E-state index contributed by atoms with van der Waals surface area (Å²) in [5, 5.41) is 40.1. The molecule has 2 heterocycles. The fraction of sp³-hybridized carbons (Fsp3) is 0. The highest BCUT2D eigenvalue weighted by molar-refractivity contribution is 6.22. The summed E-state index contributed by atoms with van der Waals surface area (Å²) >= 11 is 0. The average Bonchev–Trinajstić information content (AvgIpc) is 3.22. The third-order valence-electron chi connectivity index (χ3n) is 9.12. The second-order valence-electron chi connectivity index (χ2n) is 12.1. The van der Waals surface area contributed by atoms with Crippen molar-refractivity contribution in [3.8, 4) is 69.2 Å². The number of halogens is 4. The first-order valence-corrected chi connectivity index (χ1v) is 16.1. The summed E-state index contributed by atoms with van der Waals surface area (Å²) in [6, 6.07) is 35.7.